The van der Waals surface area contributed by atoms with Crippen molar-refractivity contribution in [3.05, 3.63) is 17.0 Å². The first-order valence-corrected chi connectivity index (χ1v) is 9.37. The first-order chi connectivity index (χ1) is 8.51. The molecule has 0 radical (unpaired) electrons. The van der Waals surface area contributed by atoms with E-state index in [2.05, 4.69) is 4.72 Å². The molecule has 0 aliphatic heterocycles. The maximum atomic E-state index is 12.1. The summed E-state index contributed by atoms with van der Waals surface area (Å²) in [5, 5.41) is 0. The largest absolute Gasteiger partial charge is 0.326 e. The van der Waals surface area contributed by atoms with Gasteiger partial charge in [-0.25, -0.2) is 13.1 Å². The summed E-state index contributed by atoms with van der Waals surface area (Å²) in [6, 6.07) is 3.40. The highest BCUT2D eigenvalue weighted by Gasteiger charge is 2.37. The van der Waals surface area contributed by atoms with E-state index in [1.807, 2.05) is 6.26 Å². The lowest BCUT2D eigenvalue weighted by Crippen LogP contribution is -2.45. The SMILES string of the molecule is CSC1(CNS(=O)(=O)c2ccc(CN)s2)CCC1. The molecule has 102 valence electrons. The van der Waals surface area contributed by atoms with E-state index in [4.69, 9.17) is 5.73 Å². The van der Waals surface area contributed by atoms with Crippen molar-refractivity contribution in [3.63, 3.8) is 0 Å². The van der Waals surface area contributed by atoms with Crippen LogP contribution >= 0.6 is 23.1 Å². The Bertz CT molecular complexity index is 501. The van der Waals surface area contributed by atoms with Gasteiger partial charge in [0.05, 0.1) is 0 Å². The third kappa shape index (κ3) is 2.91. The molecule has 3 N–H and O–H groups in total. The molecular formula is C11H18N2O2S3. The molecule has 4 nitrogen and oxygen atoms in total. The Hall–Kier alpha value is -0.0800. The van der Waals surface area contributed by atoms with Gasteiger partial charge in [0, 0.05) is 22.7 Å². The lowest BCUT2D eigenvalue weighted by atomic mass is 9.84. The van der Waals surface area contributed by atoms with Gasteiger partial charge >= 0.3 is 0 Å². The molecule has 0 bridgehead atoms. The molecule has 1 aromatic heterocycles. The van der Waals surface area contributed by atoms with Gasteiger partial charge in [-0.05, 0) is 31.2 Å². The average molecular weight is 306 g/mol. The van der Waals surface area contributed by atoms with Crippen molar-refractivity contribution in [2.75, 3.05) is 12.8 Å². The van der Waals surface area contributed by atoms with E-state index in [0.717, 1.165) is 17.7 Å². The zero-order valence-corrected chi connectivity index (χ0v) is 12.8. The van der Waals surface area contributed by atoms with Gasteiger partial charge in [0.2, 0.25) is 10.0 Å². The van der Waals surface area contributed by atoms with Crippen LogP contribution in [-0.2, 0) is 16.6 Å². The summed E-state index contributed by atoms with van der Waals surface area (Å²) in [6.07, 6.45) is 5.42. The first-order valence-electron chi connectivity index (χ1n) is 5.85. The Morgan fingerprint density at radius 1 is 1.50 bits per heavy atom. The minimum Gasteiger partial charge on any atom is -0.326 e. The number of hydrogen-bond acceptors (Lipinski definition) is 5. The van der Waals surface area contributed by atoms with Gasteiger partial charge < -0.3 is 5.73 Å². The Balaban J connectivity index is 2.03. The molecule has 1 aromatic rings. The third-order valence-corrected chi connectivity index (χ3v) is 7.80. The molecule has 1 aliphatic rings. The zero-order valence-electron chi connectivity index (χ0n) is 10.3. The molecule has 0 aromatic carbocycles. The number of nitrogens with two attached hydrogens (primary N) is 1. The Morgan fingerprint density at radius 3 is 2.67 bits per heavy atom. The number of hydrogen-bond donors (Lipinski definition) is 2. The third-order valence-electron chi connectivity index (χ3n) is 3.39. The Labute approximate surface area is 116 Å². The van der Waals surface area contributed by atoms with Crippen LogP contribution in [0, 0.1) is 0 Å². The smallest absolute Gasteiger partial charge is 0.250 e. The van der Waals surface area contributed by atoms with Crippen molar-refractivity contribution in [1.29, 1.82) is 0 Å². The highest BCUT2D eigenvalue weighted by atomic mass is 32.2. The lowest BCUT2D eigenvalue weighted by molar-refractivity contribution is 0.362. The molecule has 0 spiro atoms. The van der Waals surface area contributed by atoms with Crippen LogP contribution in [0.3, 0.4) is 0 Å². The van der Waals surface area contributed by atoms with Crippen LogP contribution in [0.2, 0.25) is 0 Å². The van der Waals surface area contributed by atoms with Crippen LogP contribution < -0.4 is 10.5 Å². The van der Waals surface area contributed by atoms with Crippen molar-refractivity contribution in [1.82, 2.24) is 4.72 Å². The molecule has 2 rings (SSSR count). The second-order valence-corrected chi connectivity index (χ2v) is 8.93. The van der Waals surface area contributed by atoms with Crippen molar-refractivity contribution in [2.24, 2.45) is 5.73 Å². The van der Waals surface area contributed by atoms with E-state index in [1.54, 1.807) is 23.9 Å². The second-order valence-electron chi connectivity index (χ2n) is 4.49. The van der Waals surface area contributed by atoms with Crippen molar-refractivity contribution in [3.8, 4) is 0 Å². The van der Waals surface area contributed by atoms with E-state index < -0.39 is 10.0 Å². The normalized spacial score (nSPS) is 18.6. The highest BCUT2D eigenvalue weighted by molar-refractivity contribution is 8.00. The molecular weight excluding hydrogens is 288 g/mol. The first kappa shape index (κ1) is 14.3. The van der Waals surface area contributed by atoms with Gasteiger partial charge in [-0.3, -0.25) is 0 Å². The lowest BCUT2D eigenvalue weighted by Gasteiger charge is -2.40. The van der Waals surface area contributed by atoms with Crippen LogP contribution in [0.25, 0.3) is 0 Å². The number of sulfonamides is 1. The van der Waals surface area contributed by atoms with Crippen molar-refractivity contribution >= 4 is 33.1 Å². The van der Waals surface area contributed by atoms with Crippen LogP contribution in [0.5, 0.6) is 0 Å². The summed E-state index contributed by atoms with van der Waals surface area (Å²) >= 11 is 3.00. The fourth-order valence-corrected chi connectivity index (χ4v) is 5.35. The summed E-state index contributed by atoms with van der Waals surface area (Å²) in [7, 11) is -3.37. The van der Waals surface area contributed by atoms with Crippen LogP contribution in [-0.4, -0.2) is 26.0 Å². The van der Waals surface area contributed by atoms with Crippen LogP contribution in [0.4, 0.5) is 0 Å². The van der Waals surface area contributed by atoms with Gasteiger partial charge in [0.15, 0.2) is 0 Å². The average Bonchev–Trinajstić information content (AvgIpc) is 2.77. The fourth-order valence-electron chi connectivity index (χ4n) is 1.93. The molecule has 0 amide bonds. The van der Waals surface area contributed by atoms with Gasteiger partial charge in [-0.15, -0.1) is 11.3 Å². The van der Waals surface area contributed by atoms with Crippen molar-refractivity contribution < 1.29 is 8.42 Å². The van der Waals surface area contributed by atoms with E-state index in [9.17, 15) is 8.42 Å². The maximum Gasteiger partial charge on any atom is 0.250 e. The maximum absolute atomic E-state index is 12.1. The standard InChI is InChI=1S/C11H18N2O2S3/c1-16-11(5-2-6-11)8-13-18(14,15)10-4-3-9(7-12)17-10/h3-4,13H,2,5-8,12H2,1H3. The molecule has 1 saturated carbocycles. The number of rotatable bonds is 6. The summed E-state index contributed by atoms with van der Waals surface area (Å²) < 4.78 is 27.4. The van der Waals surface area contributed by atoms with E-state index in [1.165, 1.54) is 17.8 Å². The monoisotopic (exact) mass is 306 g/mol. The van der Waals surface area contributed by atoms with Gasteiger partial charge in [0.25, 0.3) is 0 Å². The fraction of sp³-hybridized carbons (Fsp3) is 0.636. The molecule has 18 heavy (non-hydrogen) atoms. The second kappa shape index (κ2) is 5.50. The zero-order chi connectivity index (χ0) is 13.2. The topological polar surface area (TPSA) is 72.2 Å². The molecule has 1 heterocycles. The molecule has 1 fully saturated rings. The molecule has 0 saturated heterocycles. The van der Waals surface area contributed by atoms with E-state index in [-0.39, 0.29) is 4.75 Å². The van der Waals surface area contributed by atoms with Gasteiger partial charge in [-0.1, -0.05) is 6.42 Å². The summed E-state index contributed by atoms with van der Waals surface area (Å²) in [5.74, 6) is 0. The molecule has 7 heteroatoms. The summed E-state index contributed by atoms with van der Waals surface area (Å²) in [5.41, 5.74) is 5.49. The summed E-state index contributed by atoms with van der Waals surface area (Å²) in [4.78, 5) is 0.888. The van der Waals surface area contributed by atoms with Crippen LogP contribution in [0.15, 0.2) is 16.3 Å². The molecule has 0 unspecified atom stereocenters. The van der Waals surface area contributed by atoms with Crippen molar-refractivity contribution in [2.45, 2.75) is 34.8 Å². The quantitative estimate of drug-likeness (QED) is 0.840. The van der Waals surface area contributed by atoms with Gasteiger partial charge in [-0.2, -0.15) is 11.8 Å². The van der Waals surface area contributed by atoms with E-state index >= 15 is 0 Å². The summed E-state index contributed by atoms with van der Waals surface area (Å²) in [6.45, 7) is 0.904. The minimum absolute atomic E-state index is 0.112. The predicted molar refractivity (Wildman–Crippen MR) is 77.5 cm³/mol. The number of nitrogens with one attached hydrogen (secondary N) is 1. The highest BCUT2D eigenvalue weighted by Crippen LogP contribution is 2.42. The Morgan fingerprint density at radius 2 is 2.22 bits per heavy atom. The predicted octanol–water partition coefficient (Wildman–Crippen LogP) is 1.77. The minimum atomic E-state index is -3.37. The molecule has 1 aliphatic carbocycles. The Kier molecular flexibility index (Phi) is 4.38. The van der Waals surface area contributed by atoms with E-state index in [0.29, 0.717) is 17.3 Å². The van der Waals surface area contributed by atoms with Gasteiger partial charge in [0.1, 0.15) is 4.21 Å². The molecule has 0 atom stereocenters. The number of thiophene rings is 1. The number of thioether (sulfide) groups is 1. The van der Waals surface area contributed by atoms with Crippen LogP contribution in [0.1, 0.15) is 24.1 Å².